The van der Waals surface area contributed by atoms with Crippen molar-refractivity contribution in [1.82, 2.24) is 0 Å². The summed E-state index contributed by atoms with van der Waals surface area (Å²) in [6.45, 7) is 1.41. The molecule has 0 aliphatic rings. The first kappa shape index (κ1) is 18.8. The zero-order chi connectivity index (χ0) is 19.3. The number of rotatable bonds is 7. The molecular weight excluding hydrogens is 342 g/mol. The minimum Gasteiger partial charge on any atom is -0.507 e. The standard InChI is InChI=1S/C18H17NO7/c1-10(17(21)22)26-15-6-3-11(7-16(15)25-2)9-19-12-4-5-13(18(23)24)14(20)8-12/h3-10,20H,1-2H3,(H,21,22)(H,23,24). The Balaban J connectivity index is 2.21. The number of carboxylic acids is 2. The molecule has 1 atom stereocenters. The summed E-state index contributed by atoms with van der Waals surface area (Å²) in [6, 6.07) is 8.78. The molecule has 0 saturated carbocycles. The number of ether oxygens (including phenoxy) is 2. The van der Waals surface area contributed by atoms with Gasteiger partial charge in [0.1, 0.15) is 11.3 Å². The van der Waals surface area contributed by atoms with E-state index in [1.54, 1.807) is 18.2 Å². The molecule has 2 aromatic carbocycles. The zero-order valence-electron chi connectivity index (χ0n) is 14.0. The lowest BCUT2D eigenvalue weighted by Crippen LogP contribution is -2.23. The zero-order valence-corrected chi connectivity index (χ0v) is 14.0. The second-order valence-corrected chi connectivity index (χ2v) is 5.27. The molecule has 0 aromatic heterocycles. The van der Waals surface area contributed by atoms with Crippen LogP contribution < -0.4 is 9.47 Å². The maximum Gasteiger partial charge on any atom is 0.344 e. The van der Waals surface area contributed by atoms with E-state index >= 15 is 0 Å². The average molecular weight is 359 g/mol. The van der Waals surface area contributed by atoms with E-state index in [9.17, 15) is 14.7 Å². The highest BCUT2D eigenvalue weighted by Gasteiger charge is 2.15. The van der Waals surface area contributed by atoms with Gasteiger partial charge in [0.15, 0.2) is 17.6 Å². The number of aromatic carboxylic acids is 1. The second-order valence-electron chi connectivity index (χ2n) is 5.27. The predicted octanol–water partition coefficient (Wildman–Crippen LogP) is 2.70. The summed E-state index contributed by atoms with van der Waals surface area (Å²) >= 11 is 0. The van der Waals surface area contributed by atoms with E-state index in [0.29, 0.717) is 17.0 Å². The number of phenols is 1. The van der Waals surface area contributed by atoms with Crippen LogP contribution in [0.1, 0.15) is 22.8 Å². The van der Waals surface area contributed by atoms with E-state index in [0.717, 1.165) is 0 Å². The van der Waals surface area contributed by atoms with Gasteiger partial charge in [-0.1, -0.05) is 0 Å². The Labute approximate surface area is 149 Å². The Hall–Kier alpha value is -3.55. The van der Waals surface area contributed by atoms with Gasteiger partial charge in [0.25, 0.3) is 0 Å². The van der Waals surface area contributed by atoms with Gasteiger partial charge in [-0.15, -0.1) is 0 Å². The molecule has 0 aliphatic carbocycles. The predicted molar refractivity (Wildman–Crippen MR) is 93.0 cm³/mol. The summed E-state index contributed by atoms with van der Waals surface area (Å²) in [5, 5.41) is 27.5. The highest BCUT2D eigenvalue weighted by atomic mass is 16.5. The highest BCUT2D eigenvalue weighted by molar-refractivity contribution is 5.91. The lowest BCUT2D eigenvalue weighted by Gasteiger charge is -2.14. The van der Waals surface area contributed by atoms with Crippen molar-refractivity contribution in [2.24, 2.45) is 4.99 Å². The van der Waals surface area contributed by atoms with Crippen molar-refractivity contribution in [3.63, 3.8) is 0 Å². The monoisotopic (exact) mass is 359 g/mol. The van der Waals surface area contributed by atoms with Crippen molar-refractivity contribution in [3.05, 3.63) is 47.5 Å². The van der Waals surface area contributed by atoms with Gasteiger partial charge in [-0.05, 0) is 42.8 Å². The Morgan fingerprint density at radius 2 is 1.85 bits per heavy atom. The number of nitrogens with zero attached hydrogens (tertiary/aromatic N) is 1. The molecule has 0 fully saturated rings. The molecule has 2 aromatic rings. The van der Waals surface area contributed by atoms with Crippen LogP contribution in [0.25, 0.3) is 0 Å². The first-order chi connectivity index (χ1) is 12.3. The van der Waals surface area contributed by atoms with E-state index in [-0.39, 0.29) is 17.1 Å². The van der Waals surface area contributed by atoms with E-state index in [2.05, 4.69) is 4.99 Å². The maximum atomic E-state index is 10.9. The summed E-state index contributed by atoms with van der Waals surface area (Å²) in [4.78, 5) is 25.9. The van der Waals surface area contributed by atoms with Gasteiger partial charge < -0.3 is 24.8 Å². The molecule has 0 bridgehead atoms. The van der Waals surface area contributed by atoms with E-state index in [1.165, 1.54) is 38.4 Å². The molecule has 26 heavy (non-hydrogen) atoms. The van der Waals surface area contributed by atoms with Crippen LogP contribution in [0.5, 0.6) is 17.2 Å². The van der Waals surface area contributed by atoms with Crippen LogP contribution in [0.15, 0.2) is 41.4 Å². The molecule has 0 heterocycles. The maximum absolute atomic E-state index is 10.9. The molecule has 2 rings (SSSR count). The molecule has 136 valence electrons. The van der Waals surface area contributed by atoms with Crippen LogP contribution in [0.2, 0.25) is 0 Å². The molecule has 3 N–H and O–H groups in total. The largest absolute Gasteiger partial charge is 0.507 e. The van der Waals surface area contributed by atoms with Gasteiger partial charge in [0, 0.05) is 12.3 Å². The van der Waals surface area contributed by atoms with Gasteiger partial charge in [-0.3, -0.25) is 4.99 Å². The molecule has 8 heteroatoms. The van der Waals surface area contributed by atoms with Crippen molar-refractivity contribution in [2.75, 3.05) is 7.11 Å². The number of hydrogen-bond donors (Lipinski definition) is 3. The normalized spacial score (nSPS) is 11.9. The smallest absolute Gasteiger partial charge is 0.344 e. The lowest BCUT2D eigenvalue weighted by molar-refractivity contribution is -0.144. The fraction of sp³-hybridized carbons (Fsp3) is 0.167. The number of carboxylic acid groups (broad SMARTS) is 2. The molecule has 0 spiro atoms. The van der Waals surface area contributed by atoms with Crippen LogP contribution >= 0.6 is 0 Å². The van der Waals surface area contributed by atoms with Crippen LogP contribution in [-0.4, -0.2) is 46.7 Å². The van der Waals surface area contributed by atoms with Crippen LogP contribution in [0, 0.1) is 0 Å². The van der Waals surface area contributed by atoms with Crippen molar-refractivity contribution in [2.45, 2.75) is 13.0 Å². The molecular formula is C18H17NO7. The van der Waals surface area contributed by atoms with Gasteiger partial charge in [-0.25, -0.2) is 9.59 Å². The molecule has 0 aliphatic heterocycles. The van der Waals surface area contributed by atoms with E-state index in [1.807, 2.05) is 0 Å². The van der Waals surface area contributed by atoms with Crippen molar-refractivity contribution in [1.29, 1.82) is 0 Å². The van der Waals surface area contributed by atoms with Gasteiger partial charge in [0.2, 0.25) is 0 Å². The third-order valence-corrected chi connectivity index (χ3v) is 3.41. The van der Waals surface area contributed by atoms with Gasteiger partial charge in [-0.2, -0.15) is 0 Å². The Bertz CT molecular complexity index is 861. The topological polar surface area (TPSA) is 126 Å². The highest BCUT2D eigenvalue weighted by Crippen LogP contribution is 2.29. The lowest BCUT2D eigenvalue weighted by atomic mass is 10.2. The Kier molecular flexibility index (Phi) is 5.79. The number of hydrogen-bond acceptors (Lipinski definition) is 6. The van der Waals surface area contributed by atoms with Crippen LogP contribution in [0.3, 0.4) is 0 Å². The Morgan fingerprint density at radius 3 is 2.42 bits per heavy atom. The minimum absolute atomic E-state index is 0.209. The van der Waals surface area contributed by atoms with E-state index < -0.39 is 18.0 Å². The van der Waals surface area contributed by atoms with Crippen molar-refractivity contribution >= 4 is 23.8 Å². The first-order valence-electron chi connectivity index (χ1n) is 7.49. The van der Waals surface area contributed by atoms with Crippen LogP contribution in [0.4, 0.5) is 5.69 Å². The summed E-state index contributed by atoms with van der Waals surface area (Å²) in [5.41, 5.74) is 0.796. The molecule has 0 radical (unpaired) electrons. The fourth-order valence-corrected chi connectivity index (χ4v) is 2.03. The van der Waals surface area contributed by atoms with Gasteiger partial charge in [0.05, 0.1) is 12.8 Å². The minimum atomic E-state index is -1.23. The third kappa shape index (κ3) is 4.50. The molecule has 0 saturated heterocycles. The number of carbonyl (C=O) groups is 2. The van der Waals surface area contributed by atoms with Crippen molar-refractivity contribution < 1.29 is 34.4 Å². The third-order valence-electron chi connectivity index (χ3n) is 3.41. The quantitative estimate of drug-likeness (QED) is 0.649. The number of aliphatic imine (C=N–C) groups is 1. The number of aromatic hydroxyl groups is 1. The number of aliphatic carboxylic acids is 1. The van der Waals surface area contributed by atoms with Crippen molar-refractivity contribution in [3.8, 4) is 17.2 Å². The van der Waals surface area contributed by atoms with Gasteiger partial charge >= 0.3 is 11.9 Å². The summed E-state index contributed by atoms with van der Waals surface area (Å²) in [5.74, 6) is -2.08. The van der Waals surface area contributed by atoms with E-state index in [4.69, 9.17) is 19.7 Å². The summed E-state index contributed by atoms with van der Waals surface area (Å²) < 4.78 is 10.5. The fourth-order valence-electron chi connectivity index (χ4n) is 2.03. The molecule has 1 unspecified atom stereocenters. The summed E-state index contributed by atoms with van der Waals surface area (Å²) in [7, 11) is 1.43. The first-order valence-corrected chi connectivity index (χ1v) is 7.49. The SMILES string of the molecule is COc1cc(C=Nc2ccc(C(=O)O)c(O)c2)ccc1OC(C)C(=O)O. The van der Waals surface area contributed by atoms with Crippen LogP contribution in [-0.2, 0) is 4.79 Å². The average Bonchev–Trinajstić information content (AvgIpc) is 2.60. The summed E-state index contributed by atoms with van der Waals surface area (Å²) in [6.07, 6.45) is 0.460. The second kappa shape index (κ2) is 8.02. The molecule has 0 amide bonds. The number of methoxy groups -OCH3 is 1. The molecule has 8 nitrogen and oxygen atoms in total. The number of benzene rings is 2. The Morgan fingerprint density at radius 1 is 1.12 bits per heavy atom.